The fourth-order valence-electron chi connectivity index (χ4n) is 1.69. The number of thiophene rings is 1. The van der Waals surface area contributed by atoms with Crippen LogP contribution in [0.1, 0.15) is 31.2 Å². The quantitative estimate of drug-likeness (QED) is 0.729. The molecule has 1 unspecified atom stereocenters. The van der Waals surface area contributed by atoms with Crippen LogP contribution in [-0.2, 0) is 21.3 Å². The Morgan fingerprint density at radius 1 is 1.40 bits per heavy atom. The third-order valence-electron chi connectivity index (χ3n) is 2.73. The van der Waals surface area contributed by atoms with E-state index in [-0.39, 0.29) is 6.04 Å². The highest BCUT2D eigenvalue weighted by atomic mass is 32.2. The van der Waals surface area contributed by atoms with E-state index in [2.05, 4.69) is 10.0 Å². The lowest BCUT2D eigenvalue weighted by Gasteiger charge is -2.12. The molecule has 116 valence electrons. The molecule has 0 fully saturated rings. The summed E-state index contributed by atoms with van der Waals surface area (Å²) in [5.41, 5.74) is 1.01. The second kappa shape index (κ2) is 8.09. The van der Waals surface area contributed by atoms with Gasteiger partial charge in [0, 0.05) is 24.1 Å². The zero-order valence-electron chi connectivity index (χ0n) is 12.5. The van der Waals surface area contributed by atoms with Crippen molar-refractivity contribution in [3.63, 3.8) is 0 Å². The maximum atomic E-state index is 12.3. The molecule has 1 atom stereocenters. The van der Waals surface area contributed by atoms with Gasteiger partial charge >= 0.3 is 0 Å². The van der Waals surface area contributed by atoms with Crippen LogP contribution in [0.15, 0.2) is 10.3 Å². The van der Waals surface area contributed by atoms with E-state index in [9.17, 15) is 8.42 Å². The third-order valence-corrected chi connectivity index (χ3v) is 6.03. The molecule has 0 saturated heterocycles. The minimum Gasteiger partial charge on any atom is -0.380 e. The van der Waals surface area contributed by atoms with Crippen molar-refractivity contribution >= 4 is 21.4 Å². The first-order valence-electron chi connectivity index (χ1n) is 6.80. The average Bonchev–Trinajstić information content (AvgIpc) is 2.75. The summed E-state index contributed by atoms with van der Waals surface area (Å²) in [5.74, 6) is 0. The van der Waals surface area contributed by atoms with Gasteiger partial charge in [-0.3, -0.25) is 0 Å². The Labute approximate surface area is 125 Å². The second-order valence-electron chi connectivity index (χ2n) is 4.63. The topological polar surface area (TPSA) is 67.4 Å². The number of sulfonamides is 1. The minimum atomic E-state index is -3.46. The van der Waals surface area contributed by atoms with Gasteiger partial charge in [-0.25, -0.2) is 13.1 Å². The van der Waals surface area contributed by atoms with Crippen molar-refractivity contribution in [3.8, 4) is 0 Å². The van der Waals surface area contributed by atoms with E-state index in [4.69, 9.17) is 4.74 Å². The van der Waals surface area contributed by atoms with Gasteiger partial charge in [-0.15, -0.1) is 11.3 Å². The van der Waals surface area contributed by atoms with Gasteiger partial charge in [0.05, 0.1) is 6.61 Å². The molecule has 1 aromatic heterocycles. The van der Waals surface area contributed by atoms with Gasteiger partial charge in [0.25, 0.3) is 0 Å². The number of nitrogens with one attached hydrogen (secondary N) is 2. The Kier molecular flexibility index (Phi) is 7.11. The molecule has 0 aliphatic heterocycles. The average molecular weight is 320 g/mol. The lowest BCUT2D eigenvalue weighted by molar-refractivity contribution is 0.133. The molecule has 1 rings (SSSR count). The predicted molar refractivity (Wildman–Crippen MR) is 82.7 cm³/mol. The van der Waals surface area contributed by atoms with Crippen molar-refractivity contribution < 1.29 is 13.2 Å². The fourth-order valence-corrected chi connectivity index (χ4v) is 4.49. The molecule has 0 saturated carbocycles. The van der Waals surface area contributed by atoms with Gasteiger partial charge in [-0.05, 0) is 38.9 Å². The van der Waals surface area contributed by atoms with Gasteiger partial charge in [0.1, 0.15) is 4.21 Å². The monoisotopic (exact) mass is 320 g/mol. The molecule has 0 bridgehead atoms. The first-order chi connectivity index (χ1) is 9.40. The van der Waals surface area contributed by atoms with Crippen LogP contribution in [0.4, 0.5) is 0 Å². The summed E-state index contributed by atoms with van der Waals surface area (Å²) >= 11 is 1.32. The molecule has 0 aliphatic rings. The van der Waals surface area contributed by atoms with Crippen LogP contribution >= 0.6 is 11.3 Å². The predicted octanol–water partition coefficient (Wildman–Crippen LogP) is 1.87. The van der Waals surface area contributed by atoms with E-state index in [0.717, 1.165) is 17.0 Å². The van der Waals surface area contributed by atoms with Crippen molar-refractivity contribution in [3.05, 3.63) is 16.5 Å². The van der Waals surface area contributed by atoms with Gasteiger partial charge in [-0.2, -0.15) is 0 Å². The second-order valence-corrected chi connectivity index (χ2v) is 7.71. The first kappa shape index (κ1) is 17.6. The van der Waals surface area contributed by atoms with Crippen molar-refractivity contribution in [2.45, 2.75) is 44.5 Å². The smallest absolute Gasteiger partial charge is 0.250 e. The Morgan fingerprint density at radius 3 is 2.70 bits per heavy atom. The zero-order chi connectivity index (χ0) is 15.2. The molecule has 2 N–H and O–H groups in total. The van der Waals surface area contributed by atoms with Crippen molar-refractivity contribution in [2.75, 3.05) is 19.8 Å². The lowest BCUT2D eigenvalue weighted by atomic mass is 10.3. The van der Waals surface area contributed by atoms with E-state index in [1.54, 1.807) is 13.0 Å². The Balaban J connectivity index is 2.77. The lowest BCUT2D eigenvalue weighted by Crippen LogP contribution is -2.35. The maximum Gasteiger partial charge on any atom is 0.250 e. The van der Waals surface area contributed by atoms with Crippen LogP contribution in [0.5, 0.6) is 0 Å². The molecule has 0 radical (unpaired) electrons. The molecule has 5 nitrogen and oxygen atoms in total. The van der Waals surface area contributed by atoms with Crippen LogP contribution < -0.4 is 10.0 Å². The van der Waals surface area contributed by atoms with Gasteiger partial charge in [0.15, 0.2) is 0 Å². The van der Waals surface area contributed by atoms with E-state index in [1.807, 2.05) is 20.8 Å². The standard InChI is InChI=1S/C13H24N2O3S2/c1-5-14-8-12-10(3)7-13(19-12)20(16,17)15-11(4)9-18-6-2/h7,11,14-15H,5-6,8-9H2,1-4H3. The summed E-state index contributed by atoms with van der Waals surface area (Å²) in [6, 6.07) is 1.49. The highest BCUT2D eigenvalue weighted by molar-refractivity contribution is 7.91. The van der Waals surface area contributed by atoms with Crippen LogP contribution in [0.3, 0.4) is 0 Å². The van der Waals surface area contributed by atoms with Gasteiger partial charge in [-0.1, -0.05) is 6.92 Å². The normalized spacial score (nSPS) is 13.6. The number of hydrogen-bond donors (Lipinski definition) is 2. The molecule has 0 aliphatic carbocycles. The van der Waals surface area contributed by atoms with E-state index in [0.29, 0.717) is 24.0 Å². The fraction of sp³-hybridized carbons (Fsp3) is 0.692. The van der Waals surface area contributed by atoms with Crippen LogP contribution in [0.2, 0.25) is 0 Å². The highest BCUT2D eigenvalue weighted by Crippen LogP contribution is 2.26. The van der Waals surface area contributed by atoms with Gasteiger partial charge in [0.2, 0.25) is 10.0 Å². The molecular formula is C13H24N2O3S2. The third kappa shape index (κ3) is 5.14. The SMILES string of the molecule is CCNCc1sc(S(=O)(=O)NC(C)COCC)cc1C. The summed E-state index contributed by atoms with van der Waals surface area (Å²) in [4.78, 5) is 1.06. The van der Waals surface area contributed by atoms with Crippen molar-refractivity contribution in [1.82, 2.24) is 10.0 Å². The Morgan fingerprint density at radius 2 is 2.10 bits per heavy atom. The summed E-state index contributed by atoms with van der Waals surface area (Å²) < 4.78 is 32.8. The minimum absolute atomic E-state index is 0.237. The summed E-state index contributed by atoms with van der Waals surface area (Å²) in [6.07, 6.45) is 0. The van der Waals surface area contributed by atoms with Crippen LogP contribution in [0.25, 0.3) is 0 Å². The Bertz CT molecular complexity index is 512. The summed E-state index contributed by atoms with van der Waals surface area (Å²) in [6.45, 7) is 10.2. The Hall–Kier alpha value is -0.470. The van der Waals surface area contributed by atoms with Gasteiger partial charge < -0.3 is 10.1 Å². The van der Waals surface area contributed by atoms with Crippen LogP contribution in [0, 0.1) is 6.92 Å². The first-order valence-corrected chi connectivity index (χ1v) is 9.10. The van der Waals surface area contributed by atoms with Crippen molar-refractivity contribution in [1.29, 1.82) is 0 Å². The molecule has 20 heavy (non-hydrogen) atoms. The molecule has 0 spiro atoms. The van der Waals surface area contributed by atoms with E-state index in [1.165, 1.54) is 11.3 Å². The van der Waals surface area contributed by atoms with Crippen LogP contribution in [-0.4, -0.2) is 34.2 Å². The van der Waals surface area contributed by atoms with E-state index >= 15 is 0 Å². The molecule has 7 heteroatoms. The van der Waals surface area contributed by atoms with E-state index < -0.39 is 10.0 Å². The molecule has 0 aromatic carbocycles. The number of hydrogen-bond acceptors (Lipinski definition) is 5. The number of ether oxygens (including phenoxy) is 1. The molecule has 0 amide bonds. The summed E-state index contributed by atoms with van der Waals surface area (Å²) in [7, 11) is -3.46. The van der Waals surface area contributed by atoms with Crippen molar-refractivity contribution in [2.24, 2.45) is 0 Å². The summed E-state index contributed by atoms with van der Waals surface area (Å²) in [5, 5.41) is 3.21. The molecule has 1 heterocycles. The highest BCUT2D eigenvalue weighted by Gasteiger charge is 2.21. The largest absolute Gasteiger partial charge is 0.380 e. The zero-order valence-corrected chi connectivity index (χ0v) is 14.2. The number of aryl methyl sites for hydroxylation is 1. The maximum absolute atomic E-state index is 12.3. The molecular weight excluding hydrogens is 296 g/mol. The molecule has 1 aromatic rings. The number of rotatable bonds is 9.